The molecular formula is C27H27BrClNO3S. The lowest BCUT2D eigenvalue weighted by molar-refractivity contribution is -0.138. The molecule has 2 atom stereocenters. The first-order valence-electron chi connectivity index (χ1n) is 11.4. The zero-order valence-electron chi connectivity index (χ0n) is 19.2. The number of carbonyl (C=O) groups is 2. The van der Waals surface area contributed by atoms with E-state index in [1.165, 1.54) is 0 Å². The molecule has 0 bridgehead atoms. The normalized spacial score (nSPS) is 20.2. The number of halogens is 2. The molecule has 0 aromatic heterocycles. The Kier molecular flexibility index (Phi) is 8.22. The van der Waals surface area contributed by atoms with E-state index in [1.807, 2.05) is 55.5 Å². The van der Waals surface area contributed by atoms with Gasteiger partial charge in [0.1, 0.15) is 6.61 Å². The van der Waals surface area contributed by atoms with Crippen molar-refractivity contribution < 1.29 is 14.3 Å². The van der Waals surface area contributed by atoms with E-state index in [9.17, 15) is 9.59 Å². The first kappa shape index (κ1) is 25.1. The molecule has 1 heterocycles. The van der Waals surface area contributed by atoms with Crippen LogP contribution in [0.15, 0.2) is 75.5 Å². The molecule has 0 saturated heterocycles. The lowest BCUT2D eigenvalue weighted by atomic mass is 9.72. The summed E-state index contributed by atoms with van der Waals surface area (Å²) in [5, 5.41) is 4.08. The zero-order chi connectivity index (χ0) is 24.2. The maximum atomic E-state index is 13.6. The molecule has 34 heavy (non-hydrogen) atoms. The minimum absolute atomic E-state index is 0.0498. The molecule has 0 radical (unpaired) electrons. The van der Waals surface area contributed by atoms with Crippen molar-refractivity contribution in [3.05, 3.63) is 91.7 Å². The van der Waals surface area contributed by atoms with E-state index >= 15 is 0 Å². The number of nitrogens with one attached hydrogen (secondary N) is 1. The van der Waals surface area contributed by atoms with Crippen LogP contribution in [0.5, 0.6) is 0 Å². The molecular weight excluding hydrogens is 534 g/mol. The van der Waals surface area contributed by atoms with Gasteiger partial charge in [-0.05, 0) is 54.3 Å². The number of esters is 1. The summed E-state index contributed by atoms with van der Waals surface area (Å²) in [7, 11) is 0. The molecule has 0 unspecified atom stereocenters. The molecule has 0 saturated carbocycles. The lowest BCUT2D eigenvalue weighted by Gasteiger charge is -2.37. The number of dihydropyridines is 1. The SMILES string of the molecule is CCSCCOC(=O)C1=C(C)NC2=C(C(=O)C[C@H](c3ccc(Cl)cc3)C2)[C@H]1c1ccccc1Br. The van der Waals surface area contributed by atoms with Crippen LogP contribution in [-0.2, 0) is 14.3 Å². The highest BCUT2D eigenvalue weighted by Gasteiger charge is 2.42. The van der Waals surface area contributed by atoms with Gasteiger partial charge in [-0.25, -0.2) is 4.79 Å². The van der Waals surface area contributed by atoms with Gasteiger partial charge < -0.3 is 10.1 Å². The fourth-order valence-electron chi connectivity index (χ4n) is 4.72. The Morgan fingerprint density at radius 2 is 1.91 bits per heavy atom. The summed E-state index contributed by atoms with van der Waals surface area (Å²) < 4.78 is 6.50. The van der Waals surface area contributed by atoms with E-state index in [2.05, 4.69) is 28.2 Å². The summed E-state index contributed by atoms with van der Waals surface area (Å²) in [6, 6.07) is 15.5. The highest BCUT2D eigenvalue weighted by atomic mass is 79.9. The molecule has 1 aliphatic heterocycles. The average Bonchev–Trinajstić information content (AvgIpc) is 2.81. The Morgan fingerprint density at radius 1 is 1.18 bits per heavy atom. The van der Waals surface area contributed by atoms with Gasteiger partial charge in [0.2, 0.25) is 0 Å². The molecule has 4 rings (SSSR count). The van der Waals surface area contributed by atoms with Gasteiger partial charge in [0.05, 0.1) is 5.57 Å². The second-order valence-electron chi connectivity index (χ2n) is 8.42. The van der Waals surface area contributed by atoms with Gasteiger partial charge in [-0.1, -0.05) is 64.8 Å². The average molecular weight is 561 g/mol. The predicted molar refractivity (Wildman–Crippen MR) is 142 cm³/mol. The zero-order valence-corrected chi connectivity index (χ0v) is 22.4. The van der Waals surface area contributed by atoms with Crippen LogP contribution in [0.4, 0.5) is 0 Å². The Bertz CT molecular complexity index is 1160. The number of carbonyl (C=O) groups excluding carboxylic acids is 2. The number of hydrogen-bond acceptors (Lipinski definition) is 5. The predicted octanol–water partition coefficient (Wildman–Crippen LogP) is 6.76. The molecule has 2 aromatic rings. The van der Waals surface area contributed by atoms with Crippen LogP contribution in [0.25, 0.3) is 0 Å². The van der Waals surface area contributed by atoms with Gasteiger partial charge in [0.15, 0.2) is 5.78 Å². The number of rotatable bonds is 7. The van der Waals surface area contributed by atoms with Crippen molar-refractivity contribution in [2.45, 2.75) is 38.5 Å². The summed E-state index contributed by atoms with van der Waals surface area (Å²) in [5.74, 6) is 0.979. The molecule has 7 heteroatoms. The summed E-state index contributed by atoms with van der Waals surface area (Å²) in [6.45, 7) is 4.31. The van der Waals surface area contributed by atoms with Crippen molar-refractivity contribution in [2.75, 3.05) is 18.1 Å². The highest BCUT2D eigenvalue weighted by molar-refractivity contribution is 9.10. The van der Waals surface area contributed by atoms with Gasteiger partial charge >= 0.3 is 5.97 Å². The minimum Gasteiger partial charge on any atom is -0.461 e. The molecule has 0 fully saturated rings. The van der Waals surface area contributed by atoms with E-state index in [1.54, 1.807) is 11.8 Å². The summed E-state index contributed by atoms with van der Waals surface area (Å²) in [6.07, 6.45) is 1.08. The molecule has 0 spiro atoms. The lowest BCUT2D eigenvalue weighted by Crippen LogP contribution is -2.36. The third kappa shape index (κ3) is 5.29. The quantitative estimate of drug-likeness (QED) is 0.299. The fraction of sp³-hybridized carbons (Fsp3) is 0.333. The van der Waals surface area contributed by atoms with Crippen LogP contribution < -0.4 is 5.32 Å². The van der Waals surface area contributed by atoms with Crippen molar-refractivity contribution >= 4 is 51.0 Å². The van der Waals surface area contributed by atoms with E-state index in [-0.39, 0.29) is 17.7 Å². The minimum atomic E-state index is -0.475. The maximum Gasteiger partial charge on any atom is 0.336 e. The van der Waals surface area contributed by atoms with Crippen LogP contribution in [0.3, 0.4) is 0 Å². The Hall–Kier alpha value is -2.02. The smallest absolute Gasteiger partial charge is 0.336 e. The van der Waals surface area contributed by atoms with E-state index in [0.717, 1.165) is 38.5 Å². The maximum absolute atomic E-state index is 13.6. The number of benzene rings is 2. The van der Waals surface area contributed by atoms with Crippen molar-refractivity contribution in [1.82, 2.24) is 5.32 Å². The monoisotopic (exact) mass is 559 g/mol. The third-order valence-electron chi connectivity index (χ3n) is 6.27. The van der Waals surface area contributed by atoms with Crippen molar-refractivity contribution in [2.24, 2.45) is 0 Å². The number of allylic oxidation sites excluding steroid dienone is 3. The second-order valence-corrected chi connectivity index (χ2v) is 11.1. The number of thioether (sulfide) groups is 1. The number of ketones is 1. The van der Waals surface area contributed by atoms with E-state index in [4.69, 9.17) is 16.3 Å². The van der Waals surface area contributed by atoms with Crippen LogP contribution in [0.2, 0.25) is 5.02 Å². The molecule has 4 nitrogen and oxygen atoms in total. The van der Waals surface area contributed by atoms with Gasteiger partial charge in [-0.3, -0.25) is 4.79 Å². The van der Waals surface area contributed by atoms with Crippen LogP contribution in [0, 0.1) is 0 Å². The Morgan fingerprint density at radius 3 is 2.62 bits per heavy atom. The van der Waals surface area contributed by atoms with E-state index in [0.29, 0.717) is 35.6 Å². The van der Waals surface area contributed by atoms with Crippen LogP contribution >= 0.6 is 39.3 Å². The van der Waals surface area contributed by atoms with Crippen molar-refractivity contribution in [3.8, 4) is 0 Å². The largest absolute Gasteiger partial charge is 0.461 e. The van der Waals surface area contributed by atoms with Crippen molar-refractivity contribution in [3.63, 3.8) is 0 Å². The topological polar surface area (TPSA) is 55.4 Å². The second kappa shape index (κ2) is 11.1. The molecule has 2 aromatic carbocycles. The Labute approximate surface area is 218 Å². The molecule has 1 N–H and O–H groups in total. The first-order chi connectivity index (χ1) is 16.4. The summed E-state index contributed by atoms with van der Waals surface area (Å²) in [4.78, 5) is 26.9. The van der Waals surface area contributed by atoms with Gasteiger partial charge in [-0.15, -0.1) is 0 Å². The summed E-state index contributed by atoms with van der Waals surface area (Å²) in [5.41, 5.74) is 4.76. The molecule has 1 aliphatic carbocycles. The number of Topliss-reactive ketones (excluding diaryl/α,β-unsaturated/α-hetero) is 1. The van der Waals surface area contributed by atoms with Crippen LogP contribution in [0.1, 0.15) is 49.7 Å². The number of ether oxygens (including phenoxy) is 1. The summed E-state index contributed by atoms with van der Waals surface area (Å²) >= 11 is 11.4. The first-order valence-corrected chi connectivity index (χ1v) is 13.7. The van der Waals surface area contributed by atoms with E-state index < -0.39 is 5.92 Å². The standard InChI is InChI=1S/C27H27BrClNO3S/c1-3-34-13-12-33-27(32)24-16(2)30-22-14-18(17-8-10-19(29)11-9-17)15-23(31)26(22)25(24)20-6-4-5-7-21(20)28/h4-11,18,25,30H,3,12-15H2,1-2H3/t18-,25+/m1/s1. The molecule has 2 aliphatic rings. The van der Waals surface area contributed by atoms with Gasteiger partial charge in [-0.2, -0.15) is 11.8 Å². The van der Waals surface area contributed by atoms with Crippen molar-refractivity contribution in [1.29, 1.82) is 0 Å². The third-order valence-corrected chi connectivity index (χ3v) is 8.11. The molecule has 0 amide bonds. The number of hydrogen-bond donors (Lipinski definition) is 1. The van der Waals surface area contributed by atoms with Crippen LogP contribution in [-0.4, -0.2) is 29.9 Å². The highest BCUT2D eigenvalue weighted by Crippen LogP contribution is 2.47. The van der Waals surface area contributed by atoms with Gasteiger partial charge in [0.25, 0.3) is 0 Å². The fourth-order valence-corrected chi connectivity index (χ4v) is 5.85. The van der Waals surface area contributed by atoms with Gasteiger partial charge in [0, 0.05) is 44.6 Å². The molecule has 178 valence electrons. The Balaban J connectivity index is 1.72.